The van der Waals surface area contributed by atoms with Crippen LogP contribution in [0, 0.1) is 11.8 Å². The van der Waals surface area contributed by atoms with Crippen LogP contribution in [-0.4, -0.2) is 71.9 Å². The maximum Gasteiger partial charge on any atom is 0.107 e. The number of rotatable bonds is 5. The van der Waals surface area contributed by atoms with Crippen LogP contribution in [0.25, 0.3) is 0 Å². The molecule has 0 bridgehead atoms. The van der Waals surface area contributed by atoms with Gasteiger partial charge in [-0.15, -0.1) is 0 Å². The van der Waals surface area contributed by atoms with Crippen LogP contribution in [0.5, 0.6) is 0 Å². The van der Waals surface area contributed by atoms with Gasteiger partial charge in [-0.2, -0.15) is 0 Å². The summed E-state index contributed by atoms with van der Waals surface area (Å²) in [7, 11) is 1.65. The molecule has 1 aromatic heterocycles. The molecule has 3 heterocycles. The standard InChI is InChI=1S/C25H31N3O2/c1-30-15-5-7-20-8-10-22(11-9-20)25-23-18-27(17-21-6-4-12-26-16-21)13-2-3-14-28(23)24(25)19-29/h4,6,8-12,16,23-25,29H,2-3,13-15,17-19H2,1H3/t23-,24+,25-/m0/s1. The van der Waals surface area contributed by atoms with Crippen LogP contribution in [0.15, 0.2) is 48.8 Å². The lowest BCUT2D eigenvalue weighted by Crippen LogP contribution is -2.67. The van der Waals surface area contributed by atoms with Gasteiger partial charge in [0.25, 0.3) is 0 Å². The van der Waals surface area contributed by atoms with E-state index in [9.17, 15) is 5.11 Å². The largest absolute Gasteiger partial charge is 0.395 e. The van der Waals surface area contributed by atoms with Gasteiger partial charge < -0.3 is 9.84 Å². The molecule has 0 aliphatic carbocycles. The lowest BCUT2D eigenvalue weighted by Gasteiger charge is -2.57. The Bertz CT molecular complexity index is 859. The first-order chi connectivity index (χ1) is 14.8. The van der Waals surface area contributed by atoms with Crippen molar-refractivity contribution in [2.45, 2.75) is 37.4 Å². The van der Waals surface area contributed by atoms with E-state index in [1.807, 2.05) is 18.5 Å². The molecular weight excluding hydrogens is 374 g/mol. The number of aromatic nitrogens is 1. The molecule has 2 saturated heterocycles. The van der Waals surface area contributed by atoms with Gasteiger partial charge in [-0.05, 0) is 55.3 Å². The highest BCUT2D eigenvalue weighted by molar-refractivity contribution is 5.39. The third-order valence-electron chi connectivity index (χ3n) is 6.33. The van der Waals surface area contributed by atoms with Crippen LogP contribution in [0.3, 0.4) is 0 Å². The molecule has 1 N–H and O–H groups in total. The minimum absolute atomic E-state index is 0.207. The molecule has 4 rings (SSSR count). The number of methoxy groups -OCH3 is 1. The molecule has 5 nitrogen and oxygen atoms in total. The first-order valence-electron chi connectivity index (χ1n) is 10.9. The average Bonchev–Trinajstić information content (AvgIpc) is 2.76. The highest BCUT2D eigenvalue weighted by Gasteiger charge is 2.48. The van der Waals surface area contributed by atoms with Crippen molar-refractivity contribution in [3.63, 3.8) is 0 Å². The molecule has 0 amide bonds. The van der Waals surface area contributed by atoms with Crippen LogP contribution in [0.2, 0.25) is 0 Å². The highest BCUT2D eigenvalue weighted by Crippen LogP contribution is 2.42. The van der Waals surface area contributed by atoms with Gasteiger partial charge in [-0.3, -0.25) is 14.8 Å². The Morgan fingerprint density at radius 1 is 1.17 bits per heavy atom. The van der Waals surface area contributed by atoms with E-state index >= 15 is 0 Å². The number of hydrogen-bond donors (Lipinski definition) is 1. The maximum absolute atomic E-state index is 10.1. The van der Waals surface area contributed by atoms with Gasteiger partial charge in [0.2, 0.25) is 0 Å². The Balaban J connectivity index is 1.50. The molecule has 2 aliphatic rings. The Kier molecular flexibility index (Phi) is 7.14. The zero-order valence-corrected chi connectivity index (χ0v) is 17.7. The third-order valence-corrected chi connectivity index (χ3v) is 6.33. The van der Waals surface area contributed by atoms with Crippen molar-refractivity contribution in [1.82, 2.24) is 14.8 Å². The van der Waals surface area contributed by atoms with Crippen LogP contribution in [-0.2, 0) is 11.3 Å². The third kappa shape index (κ3) is 4.74. The van der Waals surface area contributed by atoms with Crippen molar-refractivity contribution < 1.29 is 9.84 Å². The summed E-state index contributed by atoms with van der Waals surface area (Å²) in [6, 6.07) is 13.4. The molecule has 0 spiro atoms. The van der Waals surface area contributed by atoms with E-state index in [1.54, 1.807) is 7.11 Å². The van der Waals surface area contributed by atoms with Crippen LogP contribution in [0.1, 0.15) is 35.4 Å². The normalized spacial score (nSPS) is 24.7. The fourth-order valence-corrected chi connectivity index (χ4v) is 4.90. The van der Waals surface area contributed by atoms with E-state index in [1.165, 1.54) is 24.0 Å². The van der Waals surface area contributed by atoms with Crippen molar-refractivity contribution in [2.24, 2.45) is 0 Å². The number of hydrogen-bond acceptors (Lipinski definition) is 5. The lowest BCUT2D eigenvalue weighted by atomic mass is 9.74. The van der Waals surface area contributed by atoms with Crippen molar-refractivity contribution in [2.75, 3.05) is 40.0 Å². The maximum atomic E-state index is 10.1. The first-order valence-corrected chi connectivity index (χ1v) is 10.9. The number of nitrogens with zero attached hydrogens (tertiary/aromatic N) is 3. The molecule has 1 aromatic carbocycles. The molecule has 3 atom stereocenters. The summed E-state index contributed by atoms with van der Waals surface area (Å²) in [5, 5.41) is 10.1. The van der Waals surface area contributed by atoms with E-state index in [0.717, 1.165) is 31.7 Å². The number of aliphatic hydroxyl groups excluding tert-OH is 1. The molecule has 2 aromatic rings. The Morgan fingerprint density at radius 3 is 2.73 bits per heavy atom. The number of benzene rings is 1. The van der Waals surface area contributed by atoms with Crippen molar-refractivity contribution in [1.29, 1.82) is 0 Å². The van der Waals surface area contributed by atoms with E-state index < -0.39 is 0 Å². The van der Waals surface area contributed by atoms with Gasteiger partial charge in [0, 0.05) is 56.2 Å². The van der Waals surface area contributed by atoms with Gasteiger partial charge in [-0.25, -0.2) is 0 Å². The lowest BCUT2D eigenvalue weighted by molar-refractivity contribution is -0.0655. The summed E-state index contributed by atoms with van der Waals surface area (Å²) >= 11 is 0. The van der Waals surface area contributed by atoms with E-state index in [2.05, 4.69) is 57.0 Å². The SMILES string of the molecule is COCC#Cc1ccc([C@@H]2[C@@H](CO)N3CCCCN(Cc4cccnc4)C[C@@H]23)cc1. The Hall–Kier alpha value is -2.23. The summed E-state index contributed by atoms with van der Waals surface area (Å²) < 4.78 is 5.00. The van der Waals surface area contributed by atoms with E-state index in [4.69, 9.17) is 4.74 Å². The molecule has 0 radical (unpaired) electrons. The molecule has 30 heavy (non-hydrogen) atoms. The van der Waals surface area contributed by atoms with Gasteiger partial charge in [-0.1, -0.05) is 30.0 Å². The molecule has 2 aliphatic heterocycles. The van der Waals surface area contributed by atoms with Gasteiger partial charge in [0.05, 0.1) is 6.61 Å². The predicted molar refractivity (Wildman–Crippen MR) is 118 cm³/mol. The summed E-state index contributed by atoms with van der Waals surface area (Å²) in [6.07, 6.45) is 6.17. The number of pyridine rings is 1. The van der Waals surface area contributed by atoms with Crippen molar-refractivity contribution >= 4 is 0 Å². The fourth-order valence-electron chi connectivity index (χ4n) is 4.90. The molecule has 158 valence electrons. The van der Waals surface area contributed by atoms with Gasteiger partial charge in [0.1, 0.15) is 6.61 Å². The molecule has 0 unspecified atom stereocenters. The van der Waals surface area contributed by atoms with Gasteiger partial charge in [0.15, 0.2) is 0 Å². The average molecular weight is 406 g/mol. The topological polar surface area (TPSA) is 48.8 Å². The van der Waals surface area contributed by atoms with Crippen LogP contribution >= 0.6 is 0 Å². The minimum atomic E-state index is 0.207. The Morgan fingerprint density at radius 2 is 2.00 bits per heavy atom. The molecule has 0 saturated carbocycles. The molecule has 5 heteroatoms. The second-order valence-electron chi connectivity index (χ2n) is 8.24. The van der Waals surface area contributed by atoms with E-state index in [-0.39, 0.29) is 12.6 Å². The number of fused-ring (bicyclic) bond motifs is 1. The van der Waals surface area contributed by atoms with Crippen molar-refractivity contribution in [3.8, 4) is 11.8 Å². The van der Waals surface area contributed by atoms with Crippen LogP contribution in [0.4, 0.5) is 0 Å². The predicted octanol–water partition coefficient (Wildman–Crippen LogP) is 2.50. The quantitative estimate of drug-likeness (QED) is 0.775. The monoisotopic (exact) mass is 405 g/mol. The zero-order valence-electron chi connectivity index (χ0n) is 17.7. The highest BCUT2D eigenvalue weighted by atomic mass is 16.5. The number of aliphatic hydroxyl groups is 1. The molecule has 2 fully saturated rings. The summed E-state index contributed by atoms with van der Waals surface area (Å²) in [5.74, 6) is 6.49. The summed E-state index contributed by atoms with van der Waals surface area (Å²) in [5.41, 5.74) is 3.57. The van der Waals surface area contributed by atoms with E-state index in [0.29, 0.717) is 18.6 Å². The fraction of sp³-hybridized carbons (Fsp3) is 0.480. The minimum Gasteiger partial charge on any atom is -0.395 e. The Labute approximate surface area is 179 Å². The number of ether oxygens (including phenoxy) is 1. The second-order valence-corrected chi connectivity index (χ2v) is 8.24. The van der Waals surface area contributed by atoms with Gasteiger partial charge >= 0.3 is 0 Å². The summed E-state index contributed by atoms with van der Waals surface area (Å²) in [4.78, 5) is 9.35. The molecular formula is C25H31N3O2. The van der Waals surface area contributed by atoms with Crippen LogP contribution < -0.4 is 0 Å². The summed E-state index contributed by atoms with van der Waals surface area (Å²) in [6.45, 7) is 4.80. The first kappa shape index (κ1) is 21.0. The second kappa shape index (κ2) is 10.2. The van der Waals surface area contributed by atoms with Crippen molar-refractivity contribution in [3.05, 3.63) is 65.5 Å². The smallest absolute Gasteiger partial charge is 0.107 e. The zero-order chi connectivity index (χ0) is 20.8.